The van der Waals surface area contributed by atoms with Gasteiger partial charge in [-0.25, -0.2) is 9.69 Å². The molecule has 3 aliphatic rings. The van der Waals surface area contributed by atoms with E-state index < -0.39 is 23.4 Å². The minimum Gasteiger partial charge on any atom is -0.338 e. The van der Waals surface area contributed by atoms with Gasteiger partial charge in [0.05, 0.1) is 30.4 Å². The SMILES string of the molecule is CN1C(=O)N(c2cc(Cl)cc(Cl)c2)C(=O)C12CN(C(=O)CN1CCCC1)CC2c1ccc(C#N)cc1. The number of rotatable bonds is 4. The highest BCUT2D eigenvalue weighted by atomic mass is 35.5. The number of imide groups is 1. The molecule has 3 heterocycles. The Balaban J connectivity index is 1.55. The van der Waals surface area contributed by atoms with Gasteiger partial charge in [-0.05, 0) is 61.8 Å². The number of hydrogen-bond donors (Lipinski definition) is 0. The van der Waals surface area contributed by atoms with Crippen LogP contribution in [0.25, 0.3) is 0 Å². The third kappa shape index (κ3) is 4.01. The van der Waals surface area contributed by atoms with E-state index in [2.05, 4.69) is 11.0 Å². The third-order valence-electron chi connectivity index (χ3n) is 7.52. The number of amides is 4. The van der Waals surface area contributed by atoms with Crippen LogP contribution >= 0.6 is 23.2 Å². The van der Waals surface area contributed by atoms with E-state index in [1.165, 1.54) is 23.1 Å². The summed E-state index contributed by atoms with van der Waals surface area (Å²) in [5.74, 6) is -0.974. The Morgan fingerprint density at radius 1 is 1.08 bits per heavy atom. The molecule has 5 rings (SSSR count). The van der Waals surface area contributed by atoms with E-state index in [-0.39, 0.29) is 31.2 Å². The van der Waals surface area contributed by atoms with E-state index in [4.69, 9.17) is 23.2 Å². The van der Waals surface area contributed by atoms with Crippen molar-refractivity contribution >= 4 is 46.7 Å². The van der Waals surface area contributed by atoms with E-state index >= 15 is 0 Å². The van der Waals surface area contributed by atoms with Gasteiger partial charge in [0.2, 0.25) is 5.91 Å². The summed E-state index contributed by atoms with van der Waals surface area (Å²) >= 11 is 12.4. The van der Waals surface area contributed by atoms with Gasteiger partial charge in [-0.1, -0.05) is 35.3 Å². The van der Waals surface area contributed by atoms with Crippen LogP contribution in [0.5, 0.6) is 0 Å². The number of halogens is 2. The summed E-state index contributed by atoms with van der Waals surface area (Å²) < 4.78 is 0. The minimum absolute atomic E-state index is 0.0645. The number of likely N-dealkylation sites (tertiary alicyclic amines) is 2. The zero-order chi connectivity index (χ0) is 25.6. The second-order valence-electron chi connectivity index (χ2n) is 9.58. The Kier molecular flexibility index (Phi) is 6.41. The first kappa shape index (κ1) is 24.6. The molecule has 3 saturated heterocycles. The van der Waals surface area contributed by atoms with Crippen LogP contribution in [0.15, 0.2) is 42.5 Å². The average Bonchev–Trinajstić information content (AvgIpc) is 3.55. The van der Waals surface area contributed by atoms with Crippen molar-refractivity contribution in [2.24, 2.45) is 0 Å². The molecule has 3 fully saturated rings. The highest BCUT2D eigenvalue weighted by Gasteiger charge is 2.65. The van der Waals surface area contributed by atoms with Gasteiger partial charge in [-0.15, -0.1) is 0 Å². The molecule has 186 valence electrons. The lowest BCUT2D eigenvalue weighted by molar-refractivity contribution is -0.132. The largest absolute Gasteiger partial charge is 0.338 e. The first-order valence-corrected chi connectivity index (χ1v) is 12.6. The maximum atomic E-state index is 14.2. The molecule has 2 unspecified atom stereocenters. The molecule has 36 heavy (non-hydrogen) atoms. The number of likely N-dealkylation sites (N-methyl/N-ethyl adjacent to an activating group) is 1. The Morgan fingerprint density at radius 2 is 1.72 bits per heavy atom. The van der Waals surface area contributed by atoms with Gasteiger partial charge in [-0.2, -0.15) is 5.26 Å². The van der Waals surface area contributed by atoms with Gasteiger partial charge in [0.15, 0.2) is 0 Å². The molecular formula is C26H25Cl2N5O3. The summed E-state index contributed by atoms with van der Waals surface area (Å²) in [6.07, 6.45) is 2.13. The molecule has 0 aliphatic carbocycles. The number of urea groups is 1. The Labute approximate surface area is 219 Å². The van der Waals surface area contributed by atoms with E-state index in [0.29, 0.717) is 15.6 Å². The molecule has 0 N–H and O–H groups in total. The van der Waals surface area contributed by atoms with Crippen LogP contribution in [0.2, 0.25) is 10.0 Å². The first-order chi connectivity index (χ1) is 17.2. The van der Waals surface area contributed by atoms with E-state index in [0.717, 1.165) is 36.4 Å². The topological polar surface area (TPSA) is 88.0 Å². The average molecular weight is 526 g/mol. The molecule has 1 spiro atoms. The highest BCUT2D eigenvalue weighted by Crippen LogP contribution is 2.46. The fourth-order valence-corrected chi connectivity index (χ4v) is 6.14. The van der Waals surface area contributed by atoms with Gasteiger partial charge in [0.1, 0.15) is 5.54 Å². The van der Waals surface area contributed by atoms with E-state index in [9.17, 15) is 19.6 Å². The number of benzene rings is 2. The predicted octanol–water partition coefficient (Wildman–Crippen LogP) is 3.72. The lowest BCUT2D eigenvalue weighted by Crippen LogP contribution is -2.54. The van der Waals surface area contributed by atoms with Gasteiger partial charge in [-0.3, -0.25) is 14.5 Å². The highest BCUT2D eigenvalue weighted by molar-refractivity contribution is 6.35. The standard InChI is InChI=1S/C26H25Cl2N5O3/c1-30-25(36)33(21-11-19(27)10-20(28)12-21)24(35)26(30)16-32(23(34)15-31-8-2-3-9-31)14-22(26)18-6-4-17(13-29)5-7-18/h4-7,10-12,22H,2-3,8-9,14-16H2,1H3. The van der Waals surface area contributed by atoms with Gasteiger partial charge < -0.3 is 9.80 Å². The molecule has 2 aromatic rings. The molecule has 4 amide bonds. The molecule has 2 aromatic carbocycles. The van der Waals surface area contributed by atoms with Crippen molar-refractivity contribution < 1.29 is 14.4 Å². The maximum Gasteiger partial charge on any atom is 0.332 e. The van der Waals surface area contributed by atoms with Crippen LogP contribution in [-0.4, -0.2) is 77.9 Å². The molecule has 0 bridgehead atoms. The van der Waals surface area contributed by atoms with Crippen molar-refractivity contribution in [3.05, 3.63) is 63.6 Å². The van der Waals surface area contributed by atoms with Crippen LogP contribution in [0.3, 0.4) is 0 Å². The zero-order valence-corrected chi connectivity index (χ0v) is 21.3. The van der Waals surface area contributed by atoms with Crippen molar-refractivity contribution in [2.75, 3.05) is 44.7 Å². The van der Waals surface area contributed by atoms with E-state index in [1.807, 2.05) is 0 Å². The van der Waals surface area contributed by atoms with Crippen LogP contribution in [0, 0.1) is 11.3 Å². The number of carbonyl (C=O) groups excluding carboxylic acids is 3. The lowest BCUT2D eigenvalue weighted by Gasteiger charge is -2.33. The summed E-state index contributed by atoms with van der Waals surface area (Å²) in [7, 11) is 1.59. The van der Waals surface area contributed by atoms with Crippen LogP contribution in [0.4, 0.5) is 10.5 Å². The maximum absolute atomic E-state index is 14.2. The number of nitriles is 1. The molecule has 8 nitrogen and oxygen atoms in total. The van der Waals surface area contributed by atoms with Crippen molar-refractivity contribution in [3.63, 3.8) is 0 Å². The molecule has 0 saturated carbocycles. The minimum atomic E-state index is -1.30. The van der Waals surface area contributed by atoms with Crippen molar-refractivity contribution in [1.82, 2.24) is 14.7 Å². The number of anilines is 1. The summed E-state index contributed by atoms with van der Waals surface area (Å²) in [6, 6.07) is 13.1. The predicted molar refractivity (Wildman–Crippen MR) is 136 cm³/mol. The number of hydrogen-bond acceptors (Lipinski definition) is 5. The number of carbonyl (C=O) groups is 3. The van der Waals surface area contributed by atoms with Crippen molar-refractivity contribution in [3.8, 4) is 6.07 Å². The first-order valence-electron chi connectivity index (χ1n) is 11.8. The van der Waals surface area contributed by atoms with E-state index in [1.54, 1.807) is 36.2 Å². The quantitative estimate of drug-likeness (QED) is 0.567. The molecule has 0 aromatic heterocycles. The third-order valence-corrected chi connectivity index (χ3v) is 7.96. The van der Waals surface area contributed by atoms with Gasteiger partial charge >= 0.3 is 6.03 Å². The molecule has 2 atom stereocenters. The summed E-state index contributed by atoms with van der Waals surface area (Å²) in [6.45, 7) is 2.41. The lowest BCUT2D eigenvalue weighted by atomic mass is 9.80. The van der Waals surface area contributed by atoms with Crippen molar-refractivity contribution in [1.29, 1.82) is 5.26 Å². The van der Waals surface area contributed by atoms with Gasteiger partial charge in [0, 0.05) is 29.6 Å². The fourth-order valence-electron chi connectivity index (χ4n) is 5.63. The molecular weight excluding hydrogens is 501 g/mol. The second-order valence-corrected chi connectivity index (χ2v) is 10.5. The molecule has 10 heteroatoms. The number of nitrogens with zero attached hydrogens (tertiary/aromatic N) is 5. The smallest absolute Gasteiger partial charge is 0.332 e. The Bertz CT molecular complexity index is 1250. The fraction of sp³-hybridized carbons (Fsp3) is 0.385. The summed E-state index contributed by atoms with van der Waals surface area (Å²) in [4.78, 5) is 47.4. The summed E-state index contributed by atoms with van der Waals surface area (Å²) in [5, 5.41) is 9.84. The van der Waals surface area contributed by atoms with Crippen LogP contribution in [-0.2, 0) is 9.59 Å². The molecule has 0 radical (unpaired) electrons. The van der Waals surface area contributed by atoms with Crippen molar-refractivity contribution in [2.45, 2.75) is 24.3 Å². The second kappa shape index (κ2) is 9.40. The van der Waals surface area contributed by atoms with Crippen LogP contribution in [0.1, 0.15) is 29.9 Å². The molecule has 3 aliphatic heterocycles. The Morgan fingerprint density at radius 3 is 2.33 bits per heavy atom. The Hall–Kier alpha value is -3.12. The monoisotopic (exact) mass is 525 g/mol. The summed E-state index contributed by atoms with van der Waals surface area (Å²) in [5.41, 5.74) is 0.252. The van der Waals surface area contributed by atoms with Crippen LogP contribution < -0.4 is 4.90 Å². The zero-order valence-electron chi connectivity index (χ0n) is 19.8. The normalized spacial score (nSPS) is 24.3. The van der Waals surface area contributed by atoms with Gasteiger partial charge in [0.25, 0.3) is 5.91 Å².